The van der Waals surface area contributed by atoms with E-state index in [4.69, 9.17) is 11.6 Å². The van der Waals surface area contributed by atoms with Crippen LogP contribution >= 0.6 is 38.9 Å². The Kier molecular flexibility index (Phi) is 2.10. The summed E-state index contributed by atoms with van der Waals surface area (Å²) in [6.07, 6.45) is 0. The molecule has 12 heavy (non-hydrogen) atoms. The lowest BCUT2D eigenvalue weighted by Crippen LogP contribution is -1.75. The molecule has 0 N–H and O–H groups in total. The third-order valence-electron chi connectivity index (χ3n) is 1.67. The second-order valence-electron chi connectivity index (χ2n) is 2.51. The average molecular weight is 263 g/mol. The molecule has 1 aromatic carbocycles. The van der Waals surface area contributed by atoms with Crippen molar-refractivity contribution in [3.05, 3.63) is 26.6 Å². The number of fused-ring (bicyclic) bond motifs is 1. The lowest BCUT2D eigenvalue weighted by molar-refractivity contribution is 1.42. The highest BCUT2D eigenvalue weighted by atomic mass is 79.9. The van der Waals surface area contributed by atoms with Gasteiger partial charge in [0, 0.05) is 0 Å². The Morgan fingerprint density at radius 2 is 2.25 bits per heavy atom. The van der Waals surface area contributed by atoms with Gasteiger partial charge in [-0.2, -0.15) is 0 Å². The number of hydrogen-bond acceptors (Lipinski definition) is 2. The van der Waals surface area contributed by atoms with Crippen molar-refractivity contribution in [2.75, 3.05) is 0 Å². The maximum atomic E-state index is 6.06. The number of benzene rings is 1. The highest BCUT2D eigenvalue weighted by Gasteiger charge is 2.06. The van der Waals surface area contributed by atoms with Crippen molar-refractivity contribution in [3.63, 3.8) is 0 Å². The molecule has 2 rings (SSSR count). The van der Waals surface area contributed by atoms with Gasteiger partial charge in [0.25, 0.3) is 0 Å². The van der Waals surface area contributed by atoms with Gasteiger partial charge in [-0.1, -0.05) is 17.7 Å². The second kappa shape index (κ2) is 2.98. The monoisotopic (exact) mass is 261 g/mol. The van der Waals surface area contributed by atoms with Gasteiger partial charge in [-0.3, -0.25) is 0 Å². The van der Waals surface area contributed by atoms with E-state index in [-0.39, 0.29) is 0 Å². The van der Waals surface area contributed by atoms with E-state index in [9.17, 15) is 0 Å². The molecule has 0 unspecified atom stereocenters. The molecule has 1 nitrogen and oxygen atoms in total. The van der Waals surface area contributed by atoms with Crippen molar-refractivity contribution in [2.45, 2.75) is 6.92 Å². The predicted octanol–water partition coefficient (Wildman–Crippen LogP) is 4.02. The molecule has 0 atom stereocenters. The summed E-state index contributed by atoms with van der Waals surface area (Å²) in [5, 5.41) is 0.759. The topological polar surface area (TPSA) is 12.9 Å². The molecule has 0 bridgehead atoms. The van der Waals surface area contributed by atoms with Crippen LogP contribution < -0.4 is 0 Å². The van der Waals surface area contributed by atoms with Crippen LogP contribution in [0.3, 0.4) is 0 Å². The summed E-state index contributed by atoms with van der Waals surface area (Å²) in [5.41, 5.74) is 1.97. The summed E-state index contributed by atoms with van der Waals surface area (Å²) >= 11 is 11.0. The quantitative estimate of drug-likeness (QED) is 0.699. The van der Waals surface area contributed by atoms with Gasteiger partial charge in [0.05, 0.1) is 9.72 Å². The fraction of sp³-hybridized carbons (Fsp3) is 0.125. The average Bonchev–Trinajstić information content (AvgIpc) is 2.39. The first-order chi connectivity index (χ1) is 5.68. The SMILES string of the molecule is Cc1ccc2sc(Br)nc2c1Cl. The van der Waals surface area contributed by atoms with Crippen molar-refractivity contribution in [1.29, 1.82) is 0 Å². The fourth-order valence-electron chi connectivity index (χ4n) is 1.04. The maximum Gasteiger partial charge on any atom is 0.160 e. The third kappa shape index (κ3) is 1.26. The molecule has 0 amide bonds. The standard InChI is InChI=1S/C8H5BrClNS/c1-4-2-3-5-7(6(4)10)11-8(9)12-5/h2-3H,1H3. The molecule has 0 saturated heterocycles. The first kappa shape index (κ1) is 8.48. The van der Waals surface area contributed by atoms with Crippen LogP contribution in [0.1, 0.15) is 5.56 Å². The molecule has 2 aromatic rings. The van der Waals surface area contributed by atoms with Gasteiger partial charge >= 0.3 is 0 Å². The molecule has 0 aliphatic rings. The van der Waals surface area contributed by atoms with Gasteiger partial charge in [0.15, 0.2) is 3.92 Å². The summed E-state index contributed by atoms with van der Waals surface area (Å²) in [6, 6.07) is 4.05. The Labute approximate surface area is 87.5 Å². The molecule has 0 saturated carbocycles. The van der Waals surface area contributed by atoms with Crippen LogP contribution in [0.15, 0.2) is 16.0 Å². The number of nitrogens with zero attached hydrogens (tertiary/aromatic N) is 1. The summed E-state index contributed by atoms with van der Waals surface area (Å²) in [5.74, 6) is 0. The minimum atomic E-state index is 0.759. The van der Waals surface area contributed by atoms with Gasteiger partial charge in [0.1, 0.15) is 5.52 Å². The molecule has 0 fully saturated rings. The van der Waals surface area contributed by atoms with E-state index in [0.717, 1.165) is 24.7 Å². The molecular formula is C8H5BrClNS. The zero-order chi connectivity index (χ0) is 8.72. The summed E-state index contributed by atoms with van der Waals surface area (Å²) in [4.78, 5) is 4.28. The van der Waals surface area contributed by atoms with Crippen molar-refractivity contribution in [2.24, 2.45) is 0 Å². The van der Waals surface area contributed by atoms with Gasteiger partial charge in [-0.15, -0.1) is 11.3 Å². The first-order valence-corrected chi connectivity index (χ1v) is 5.38. The van der Waals surface area contributed by atoms with E-state index in [1.54, 1.807) is 11.3 Å². The molecule has 4 heteroatoms. The summed E-state index contributed by atoms with van der Waals surface area (Å²) in [7, 11) is 0. The lowest BCUT2D eigenvalue weighted by Gasteiger charge is -1.95. The number of thiazole rings is 1. The number of aryl methyl sites for hydroxylation is 1. The zero-order valence-corrected chi connectivity index (χ0v) is 9.42. The Bertz CT molecular complexity index is 438. The van der Waals surface area contributed by atoms with Gasteiger partial charge in [-0.05, 0) is 34.5 Å². The minimum absolute atomic E-state index is 0.759. The normalized spacial score (nSPS) is 10.9. The van der Waals surface area contributed by atoms with Crippen molar-refractivity contribution in [3.8, 4) is 0 Å². The lowest BCUT2D eigenvalue weighted by atomic mass is 10.2. The number of aromatic nitrogens is 1. The van der Waals surface area contributed by atoms with Crippen LogP contribution in [0.25, 0.3) is 10.2 Å². The van der Waals surface area contributed by atoms with E-state index in [1.807, 2.05) is 19.1 Å². The molecule has 0 aliphatic heterocycles. The van der Waals surface area contributed by atoms with Crippen LogP contribution in [0.2, 0.25) is 5.02 Å². The molecule has 1 aromatic heterocycles. The number of rotatable bonds is 0. The van der Waals surface area contributed by atoms with Crippen molar-refractivity contribution >= 4 is 49.1 Å². The van der Waals surface area contributed by atoms with Gasteiger partial charge < -0.3 is 0 Å². The number of hydrogen-bond donors (Lipinski definition) is 0. The molecule has 1 heterocycles. The molecule has 0 radical (unpaired) electrons. The highest BCUT2D eigenvalue weighted by molar-refractivity contribution is 9.11. The highest BCUT2D eigenvalue weighted by Crippen LogP contribution is 2.32. The smallest absolute Gasteiger partial charge is 0.160 e. The van der Waals surface area contributed by atoms with Crippen LogP contribution in [0.5, 0.6) is 0 Å². The minimum Gasteiger partial charge on any atom is -0.227 e. The molecule has 0 aliphatic carbocycles. The zero-order valence-electron chi connectivity index (χ0n) is 6.27. The largest absolute Gasteiger partial charge is 0.227 e. The third-order valence-corrected chi connectivity index (χ3v) is 3.62. The van der Waals surface area contributed by atoms with Crippen LogP contribution in [0, 0.1) is 6.92 Å². The Morgan fingerprint density at radius 1 is 1.50 bits per heavy atom. The fourth-order valence-corrected chi connectivity index (χ4v) is 2.70. The van der Waals surface area contributed by atoms with Crippen LogP contribution in [-0.4, -0.2) is 4.98 Å². The van der Waals surface area contributed by atoms with E-state index >= 15 is 0 Å². The molecule has 0 spiro atoms. The predicted molar refractivity (Wildman–Crippen MR) is 57.1 cm³/mol. The Morgan fingerprint density at radius 3 is 3.00 bits per heavy atom. The summed E-state index contributed by atoms with van der Waals surface area (Å²) in [6.45, 7) is 1.98. The second-order valence-corrected chi connectivity index (χ2v) is 5.19. The van der Waals surface area contributed by atoms with Gasteiger partial charge in [0.2, 0.25) is 0 Å². The van der Waals surface area contributed by atoms with Crippen molar-refractivity contribution in [1.82, 2.24) is 4.98 Å². The van der Waals surface area contributed by atoms with E-state index in [0.29, 0.717) is 0 Å². The van der Waals surface area contributed by atoms with E-state index in [2.05, 4.69) is 20.9 Å². The first-order valence-electron chi connectivity index (χ1n) is 3.39. The van der Waals surface area contributed by atoms with Crippen molar-refractivity contribution < 1.29 is 0 Å². The Hall–Kier alpha value is -0.120. The maximum absolute atomic E-state index is 6.06. The van der Waals surface area contributed by atoms with E-state index in [1.165, 1.54) is 0 Å². The van der Waals surface area contributed by atoms with Crippen LogP contribution in [0.4, 0.5) is 0 Å². The summed E-state index contributed by atoms with van der Waals surface area (Å²) < 4.78 is 2.00. The van der Waals surface area contributed by atoms with E-state index < -0.39 is 0 Å². The molecular weight excluding hydrogens is 258 g/mol. The number of halogens is 2. The van der Waals surface area contributed by atoms with Crippen LogP contribution in [-0.2, 0) is 0 Å². The Balaban J connectivity index is 2.89. The molecule has 62 valence electrons. The van der Waals surface area contributed by atoms with Gasteiger partial charge in [-0.25, -0.2) is 4.98 Å².